The monoisotopic (exact) mass is 467 g/mol. The molecule has 2 aliphatic heterocycles. The Bertz CT molecular complexity index is 1190. The number of nitrogens with one attached hydrogen (secondary N) is 1. The zero-order chi connectivity index (χ0) is 23.7. The molecule has 10 heteroatoms. The summed E-state index contributed by atoms with van der Waals surface area (Å²) in [5.41, 5.74) is 1.56. The lowest BCUT2D eigenvalue weighted by molar-refractivity contribution is -0.150. The average molecular weight is 467 g/mol. The Morgan fingerprint density at radius 1 is 0.971 bits per heavy atom. The number of carbonyl (C=O) groups excluding carboxylic acids is 1. The Morgan fingerprint density at radius 3 is 2.35 bits per heavy atom. The maximum absolute atomic E-state index is 11.3. The van der Waals surface area contributed by atoms with Crippen LogP contribution < -0.4 is 19.5 Å². The van der Waals surface area contributed by atoms with Gasteiger partial charge in [0.1, 0.15) is 30.1 Å². The van der Waals surface area contributed by atoms with Gasteiger partial charge in [0.2, 0.25) is 0 Å². The van der Waals surface area contributed by atoms with Crippen LogP contribution in [0.3, 0.4) is 0 Å². The van der Waals surface area contributed by atoms with Gasteiger partial charge in [-0.05, 0) is 30.3 Å². The van der Waals surface area contributed by atoms with Crippen LogP contribution in [0.2, 0.25) is 0 Å². The molecule has 178 valence electrons. The Labute approximate surface area is 196 Å². The van der Waals surface area contributed by atoms with E-state index < -0.39 is 6.10 Å². The van der Waals surface area contributed by atoms with Crippen molar-refractivity contribution in [2.45, 2.75) is 31.3 Å². The van der Waals surface area contributed by atoms with Crippen LogP contribution in [0.15, 0.2) is 42.7 Å². The summed E-state index contributed by atoms with van der Waals surface area (Å²) in [5, 5.41) is 4.12. The number of anilines is 2. The van der Waals surface area contributed by atoms with E-state index in [1.807, 2.05) is 36.4 Å². The van der Waals surface area contributed by atoms with Crippen molar-refractivity contribution >= 4 is 28.4 Å². The highest BCUT2D eigenvalue weighted by Gasteiger charge is 2.50. The van der Waals surface area contributed by atoms with Gasteiger partial charge in [0.15, 0.2) is 23.7 Å². The molecule has 34 heavy (non-hydrogen) atoms. The minimum absolute atomic E-state index is 0.276. The van der Waals surface area contributed by atoms with E-state index in [1.54, 1.807) is 14.2 Å². The molecule has 0 radical (unpaired) electrons. The molecule has 1 aromatic heterocycles. The topological polar surface area (TPSA) is 110 Å². The Morgan fingerprint density at radius 2 is 1.65 bits per heavy atom. The molecule has 2 saturated heterocycles. The van der Waals surface area contributed by atoms with Crippen molar-refractivity contribution in [1.82, 2.24) is 9.97 Å². The summed E-state index contributed by atoms with van der Waals surface area (Å²) in [6, 6.07) is 11.2. The van der Waals surface area contributed by atoms with Crippen molar-refractivity contribution in [3.05, 3.63) is 42.7 Å². The second-order valence-electron chi connectivity index (χ2n) is 8.00. The lowest BCUT2D eigenvalue weighted by Crippen LogP contribution is -2.36. The van der Waals surface area contributed by atoms with E-state index in [9.17, 15) is 4.79 Å². The van der Waals surface area contributed by atoms with Crippen molar-refractivity contribution in [2.24, 2.45) is 0 Å². The summed E-state index contributed by atoms with van der Waals surface area (Å²) in [6.07, 6.45) is 0.231. The first-order valence-electron chi connectivity index (χ1n) is 10.9. The summed E-state index contributed by atoms with van der Waals surface area (Å²) in [7, 11) is 3.17. The third-order valence-corrected chi connectivity index (χ3v) is 5.83. The van der Waals surface area contributed by atoms with Crippen LogP contribution in [-0.4, -0.2) is 67.8 Å². The third-order valence-electron chi connectivity index (χ3n) is 5.83. The first-order chi connectivity index (χ1) is 16.6. The molecule has 0 spiro atoms. The zero-order valence-electron chi connectivity index (χ0n) is 19.0. The first kappa shape index (κ1) is 22.2. The van der Waals surface area contributed by atoms with Gasteiger partial charge in [0, 0.05) is 24.1 Å². The largest absolute Gasteiger partial charge is 0.493 e. The van der Waals surface area contributed by atoms with Crippen molar-refractivity contribution in [2.75, 3.05) is 32.8 Å². The van der Waals surface area contributed by atoms with Gasteiger partial charge in [-0.15, -0.1) is 0 Å². The molecule has 1 N–H and O–H groups in total. The van der Waals surface area contributed by atoms with Gasteiger partial charge in [-0.2, -0.15) is 0 Å². The van der Waals surface area contributed by atoms with E-state index in [4.69, 9.17) is 28.4 Å². The molecule has 0 aliphatic carbocycles. The molecule has 3 heterocycles. The van der Waals surface area contributed by atoms with Gasteiger partial charge in [-0.1, -0.05) is 0 Å². The molecule has 0 saturated carbocycles. The molecular formula is C24H25N3O7. The van der Waals surface area contributed by atoms with Gasteiger partial charge < -0.3 is 33.7 Å². The number of benzene rings is 2. The predicted molar refractivity (Wildman–Crippen MR) is 122 cm³/mol. The van der Waals surface area contributed by atoms with Crippen LogP contribution in [-0.2, 0) is 19.0 Å². The maximum atomic E-state index is 11.3. The standard InChI is InChI=1S/C24H25N3O7/c1-13(28)33-20-10-31-23-21(11-32-22(20)23)34-15-6-4-14(5-7-15)27-24-16-8-18(29-2)19(30-3)9-17(16)25-12-26-24/h4-9,12,20-23H,10-11H2,1-3H3,(H,25,26,27)/t20-,21?,22+,23+/m0/s1. The third kappa shape index (κ3) is 4.29. The molecule has 4 atom stereocenters. The van der Waals surface area contributed by atoms with Crippen LogP contribution in [0.25, 0.3) is 10.9 Å². The number of nitrogens with zero attached hydrogens (tertiary/aromatic N) is 2. The summed E-state index contributed by atoms with van der Waals surface area (Å²) in [4.78, 5) is 20.0. The lowest BCUT2D eigenvalue weighted by atomic mass is 10.1. The smallest absolute Gasteiger partial charge is 0.303 e. The molecule has 2 aromatic carbocycles. The van der Waals surface area contributed by atoms with Crippen LogP contribution >= 0.6 is 0 Å². The van der Waals surface area contributed by atoms with E-state index in [-0.39, 0.29) is 24.3 Å². The molecule has 10 nitrogen and oxygen atoms in total. The van der Waals surface area contributed by atoms with Gasteiger partial charge in [0.05, 0.1) is 33.0 Å². The summed E-state index contributed by atoms with van der Waals surface area (Å²) in [5.74, 6) is 2.17. The molecule has 3 aromatic rings. The van der Waals surface area contributed by atoms with Gasteiger partial charge in [-0.3, -0.25) is 4.79 Å². The minimum atomic E-state index is -0.399. The van der Waals surface area contributed by atoms with E-state index in [2.05, 4.69) is 15.3 Å². The van der Waals surface area contributed by atoms with E-state index in [0.29, 0.717) is 36.3 Å². The highest BCUT2D eigenvalue weighted by Crippen LogP contribution is 2.35. The second-order valence-corrected chi connectivity index (χ2v) is 8.00. The SMILES string of the molecule is COc1cc2ncnc(Nc3ccc(OC4CO[C@@H]5[C@@H](OC(C)=O)CO[C@H]45)cc3)c2cc1OC. The fourth-order valence-electron chi connectivity index (χ4n) is 4.26. The molecule has 2 aliphatic rings. The van der Waals surface area contributed by atoms with Gasteiger partial charge in [-0.25, -0.2) is 9.97 Å². The number of carbonyl (C=O) groups is 1. The highest BCUT2D eigenvalue weighted by molar-refractivity contribution is 5.93. The molecule has 1 unspecified atom stereocenters. The average Bonchev–Trinajstić information content (AvgIpc) is 3.42. The summed E-state index contributed by atoms with van der Waals surface area (Å²) in [6.45, 7) is 2.05. The van der Waals surface area contributed by atoms with Crippen molar-refractivity contribution in [3.8, 4) is 17.2 Å². The Hall–Kier alpha value is -3.63. The highest BCUT2D eigenvalue weighted by atomic mass is 16.7. The van der Waals surface area contributed by atoms with Crippen LogP contribution in [0, 0.1) is 0 Å². The van der Waals surface area contributed by atoms with Crippen LogP contribution in [0.1, 0.15) is 6.92 Å². The molecular weight excluding hydrogens is 442 g/mol. The molecule has 2 fully saturated rings. The van der Waals surface area contributed by atoms with Gasteiger partial charge >= 0.3 is 5.97 Å². The lowest BCUT2D eigenvalue weighted by Gasteiger charge is -2.18. The number of rotatable bonds is 7. The number of hydrogen-bond donors (Lipinski definition) is 1. The maximum Gasteiger partial charge on any atom is 0.303 e. The second kappa shape index (κ2) is 9.32. The van der Waals surface area contributed by atoms with Crippen molar-refractivity contribution < 1.29 is 33.2 Å². The fraction of sp³-hybridized carbons (Fsp3) is 0.375. The van der Waals surface area contributed by atoms with Crippen LogP contribution in [0.5, 0.6) is 17.2 Å². The number of methoxy groups -OCH3 is 2. The zero-order valence-corrected chi connectivity index (χ0v) is 19.0. The van der Waals surface area contributed by atoms with E-state index in [0.717, 1.165) is 16.6 Å². The van der Waals surface area contributed by atoms with Crippen molar-refractivity contribution in [3.63, 3.8) is 0 Å². The molecule has 0 bridgehead atoms. The number of esters is 1. The van der Waals surface area contributed by atoms with E-state index >= 15 is 0 Å². The minimum Gasteiger partial charge on any atom is -0.493 e. The summed E-state index contributed by atoms with van der Waals surface area (Å²) < 4.78 is 33.7. The summed E-state index contributed by atoms with van der Waals surface area (Å²) >= 11 is 0. The quantitative estimate of drug-likeness (QED) is 0.521. The Balaban J connectivity index is 1.27. The predicted octanol–water partition coefficient (Wildman–Crippen LogP) is 2.87. The van der Waals surface area contributed by atoms with Gasteiger partial charge in [0.25, 0.3) is 0 Å². The molecule has 0 amide bonds. The van der Waals surface area contributed by atoms with E-state index in [1.165, 1.54) is 13.3 Å². The normalized spacial score (nSPS) is 23.4. The first-order valence-corrected chi connectivity index (χ1v) is 10.9. The fourth-order valence-corrected chi connectivity index (χ4v) is 4.26. The number of hydrogen-bond acceptors (Lipinski definition) is 10. The van der Waals surface area contributed by atoms with Crippen LogP contribution in [0.4, 0.5) is 11.5 Å². The number of aromatic nitrogens is 2. The van der Waals surface area contributed by atoms with Crippen molar-refractivity contribution in [1.29, 1.82) is 0 Å². The Kier molecular flexibility index (Phi) is 6.08. The molecule has 5 rings (SSSR count). The number of fused-ring (bicyclic) bond motifs is 2. The number of ether oxygens (including phenoxy) is 6.